The number of ether oxygens (including phenoxy) is 1. The Bertz CT molecular complexity index is 451. The molecule has 1 aromatic rings. The summed E-state index contributed by atoms with van der Waals surface area (Å²) in [5.41, 5.74) is 2.35. The maximum atomic E-state index is 6.35. The molecule has 0 saturated carbocycles. The maximum Gasteiger partial charge on any atom is 0.123 e. The third kappa shape index (κ3) is 5.74. The molecule has 1 rings (SSSR count). The average Bonchev–Trinajstić information content (AvgIpc) is 2.47. The van der Waals surface area contributed by atoms with Gasteiger partial charge in [0, 0.05) is 5.02 Å². The Morgan fingerprint density at radius 1 is 1.14 bits per heavy atom. The minimum Gasteiger partial charge on any atom is -0.493 e. The Morgan fingerprint density at radius 3 is 2.52 bits per heavy atom. The van der Waals surface area contributed by atoms with Crippen molar-refractivity contribution in [1.82, 2.24) is 0 Å². The van der Waals surface area contributed by atoms with E-state index in [9.17, 15) is 0 Å². The van der Waals surface area contributed by atoms with Gasteiger partial charge < -0.3 is 4.74 Å². The maximum absolute atomic E-state index is 6.35. The predicted molar refractivity (Wildman–Crippen MR) is 93.7 cm³/mol. The van der Waals surface area contributed by atoms with E-state index in [-0.39, 0.29) is 0 Å². The number of benzene rings is 1. The number of hydrogen-bond donors (Lipinski definition) is 0. The molecule has 0 saturated heterocycles. The van der Waals surface area contributed by atoms with Crippen LogP contribution in [0.15, 0.2) is 24.3 Å². The van der Waals surface area contributed by atoms with Gasteiger partial charge in [-0.25, -0.2) is 0 Å². The van der Waals surface area contributed by atoms with Gasteiger partial charge >= 0.3 is 0 Å². The van der Waals surface area contributed by atoms with Crippen LogP contribution in [0.4, 0.5) is 0 Å². The van der Waals surface area contributed by atoms with Gasteiger partial charge in [-0.3, -0.25) is 0 Å². The van der Waals surface area contributed by atoms with E-state index < -0.39 is 0 Å². The van der Waals surface area contributed by atoms with E-state index in [1.807, 2.05) is 6.92 Å². The molecule has 1 unspecified atom stereocenters. The lowest BCUT2D eigenvalue weighted by molar-refractivity contribution is 0.311. The second-order valence-electron chi connectivity index (χ2n) is 5.59. The van der Waals surface area contributed by atoms with Gasteiger partial charge in [0.05, 0.1) is 6.61 Å². The highest BCUT2D eigenvalue weighted by Crippen LogP contribution is 2.36. The van der Waals surface area contributed by atoms with Gasteiger partial charge in [-0.05, 0) is 61.8 Å². The summed E-state index contributed by atoms with van der Waals surface area (Å²) in [7, 11) is 0. The number of aryl methyl sites for hydroxylation is 1. The van der Waals surface area contributed by atoms with Crippen LogP contribution in [0.2, 0.25) is 5.02 Å². The molecular weight excluding hydrogens is 280 g/mol. The molecule has 0 aromatic heterocycles. The van der Waals surface area contributed by atoms with Crippen LogP contribution in [0, 0.1) is 6.92 Å². The minimum atomic E-state index is 0.489. The van der Waals surface area contributed by atoms with Crippen molar-refractivity contribution in [2.45, 2.75) is 65.7 Å². The molecule has 0 fully saturated rings. The molecule has 0 aliphatic carbocycles. The molecule has 0 N–H and O–H groups in total. The topological polar surface area (TPSA) is 9.23 Å². The van der Waals surface area contributed by atoms with Gasteiger partial charge in [-0.2, -0.15) is 0 Å². The molecule has 1 nitrogen and oxygen atoms in total. The Hall–Kier alpha value is -0.950. The molecule has 1 atom stereocenters. The molecule has 0 heterocycles. The van der Waals surface area contributed by atoms with Crippen molar-refractivity contribution in [3.63, 3.8) is 0 Å². The summed E-state index contributed by atoms with van der Waals surface area (Å²) >= 11 is 6.35. The van der Waals surface area contributed by atoms with E-state index in [4.69, 9.17) is 16.3 Å². The lowest BCUT2D eigenvalue weighted by atomic mass is 9.89. The first-order valence-electron chi connectivity index (χ1n) is 8.21. The van der Waals surface area contributed by atoms with Gasteiger partial charge in [0.1, 0.15) is 5.75 Å². The zero-order valence-electron chi connectivity index (χ0n) is 13.9. The summed E-state index contributed by atoms with van der Waals surface area (Å²) in [6.45, 7) is 9.34. The van der Waals surface area contributed by atoms with Crippen molar-refractivity contribution >= 4 is 11.6 Å². The standard InChI is InChI=1S/C19H29ClO/c1-5-8-9-11-16(10-6-2)17-14-18(20)15(4)13-19(17)21-12-7-3/h8-9,13-14,16H,5-7,10-12H2,1-4H3/b9-8-. The SMILES string of the molecule is CC/C=C\CC(CCC)c1cc(Cl)c(C)cc1OCCC. The third-order valence-corrected chi connectivity index (χ3v) is 4.06. The smallest absolute Gasteiger partial charge is 0.123 e. The molecule has 1 aromatic carbocycles. The van der Waals surface area contributed by atoms with E-state index in [2.05, 4.69) is 45.1 Å². The fourth-order valence-corrected chi connectivity index (χ4v) is 2.67. The number of hydrogen-bond acceptors (Lipinski definition) is 1. The van der Waals surface area contributed by atoms with Crippen LogP contribution in [-0.2, 0) is 0 Å². The third-order valence-electron chi connectivity index (χ3n) is 3.65. The molecule has 118 valence electrons. The van der Waals surface area contributed by atoms with Gasteiger partial charge in [0.2, 0.25) is 0 Å². The Balaban J connectivity index is 3.07. The average molecular weight is 309 g/mol. The number of halogens is 1. The Morgan fingerprint density at radius 2 is 1.90 bits per heavy atom. The molecule has 0 bridgehead atoms. The van der Waals surface area contributed by atoms with Crippen LogP contribution >= 0.6 is 11.6 Å². The first-order valence-corrected chi connectivity index (χ1v) is 8.59. The van der Waals surface area contributed by atoms with E-state index in [1.54, 1.807) is 0 Å². The molecule has 2 heteroatoms. The predicted octanol–water partition coefficient (Wildman–Crippen LogP) is 6.68. The zero-order valence-corrected chi connectivity index (χ0v) is 14.7. The molecular formula is C19H29ClO. The van der Waals surface area contributed by atoms with Crippen molar-refractivity contribution in [3.8, 4) is 5.75 Å². The quantitative estimate of drug-likeness (QED) is 0.462. The fourth-order valence-electron chi connectivity index (χ4n) is 2.50. The van der Waals surface area contributed by atoms with Gasteiger partial charge in [-0.1, -0.05) is 50.9 Å². The normalized spacial score (nSPS) is 12.8. The Kier molecular flexibility index (Phi) is 8.52. The molecule has 0 radical (unpaired) electrons. The number of allylic oxidation sites excluding steroid dienone is 2. The second-order valence-corrected chi connectivity index (χ2v) is 6.00. The Labute approximate surface area is 135 Å². The molecule has 0 aliphatic heterocycles. The molecule has 21 heavy (non-hydrogen) atoms. The van der Waals surface area contributed by atoms with E-state index >= 15 is 0 Å². The summed E-state index contributed by atoms with van der Waals surface area (Å²) in [6, 6.07) is 4.21. The lowest BCUT2D eigenvalue weighted by Gasteiger charge is -2.20. The highest BCUT2D eigenvalue weighted by atomic mass is 35.5. The van der Waals surface area contributed by atoms with Crippen molar-refractivity contribution in [2.75, 3.05) is 6.61 Å². The van der Waals surface area contributed by atoms with Crippen LogP contribution in [0.25, 0.3) is 0 Å². The highest BCUT2D eigenvalue weighted by molar-refractivity contribution is 6.31. The monoisotopic (exact) mass is 308 g/mol. The number of rotatable bonds is 9. The van der Waals surface area contributed by atoms with E-state index in [1.165, 1.54) is 12.0 Å². The molecule has 0 amide bonds. The first-order chi connectivity index (χ1) is 10.1. The van der Waals surface area contributed by atoms with Crippen molar-refractivity contribution < 1.29 is 4.74 Å². The van der Waals surface area contributed by atoms with Crippen LogP contribution in [0.5, 0.6) is 5.75 Å². The molecule has 0 spiro atoms. The summed E-state index contributed by atoms with van der Waals surface area (Å²) in [5, 5.41) is 0.842. The van der Waals surface area contributed by atoms with Gasteiger partial charge in [0.25, 0.3) is 0 Å². The lowest BCUT2D eigenvalue weighted by Crippen LogP contribution is -2.05. The summed E-state index contributed by atoms with van der Waals surface area (Å²) < 4.78 is 5.97. The van der Waals surface area contributed by atoms with Crippen LogP contribution in [-0.4, -0.2) is 6.61 Å². The fraction of sp³-hybridized carbons (Fsp3) is 0.579. The first kappa shape index (κ1) is 18.1. The van der Waals surface area contributed by atoms with Crippen LogP contribution in [0.1, 0.15) is 69.9 Å². The largest absolute Gasteiger partial charge is 0.493 e. The van der Waals surface area contributed by atoms with Gasteiger partial charge in [0.15, 0.2) is 0 Å². The summed E-state index contributed by atoms with van der Waals surface area (Å²) in [4.78, 5) is 0. The second kappa shape index (κ2) is 9.89. The van der Waals surface area contributed by atoms with Crippen LogP contribution < -0.4 is 4.74 Å². The summed E-state index contributed by atoms with van der Waals surface area (Å²) in [5.74, 6) is 1.50. The van der Waals surface area contributed by atoms with E-state index in [0.717, 1.165) is 48.6 Å². The van der Waals surface area contributed by atoms with Crippen LogP contribution in [0.3, 0.4) is 0 Å². The zero-order chi connectivity index (χ0) is 15.7. The highest BCUT2D eigenvalue weighted by Gasteiger charge is 2.16. The van der Waals surface area contributed by atoms with Gasteiger partial charge in [-0.15, -0.1) is 0 Å². The van der Waals surface area contributed by atoms with Crippen molar-refractivity contribution in [2.24, 2.45) is 0 Å². The van der Waals surface area contributed by atoms with Crippen molar-refractivity contribution in [1.29, 1.82) is 0 Å². The summed E-state index contributed by atoms with van der Waals surface area (Å²) in [6.07, 6.45) is 10.0. The van der Waals surface area contributed by atoms with E-state index in [0.29, 0.717) is 5.92 Å². The minimum absolute atomic E-state index is 0.489. The van der Waals surface area contributed by atoms with Crippen molar-refractivity contribution in [3.05, 3.63) is 40.4 Å². The molecule has 0 aliphatic rings.